The Bertz CT molecular complexity index is 922. The summed E-state index contributed by atoms with van der Waals surface area (Å²) in [5.74, 6) is -0.767. The lowest BCUT2D eigenvalue weighted by atomic mass is 10.0. The van der Waals surface area contributed by atoms with Gasteiger partial charge in [0.25, 0.3) is 11.8 Å². The van der Waals surface area contributed by atoms with Crippen molar-refractivity contribution in [3.8, 4) is 0 Å². The van der Waals surface area contributed by atoms with Crippen molar-refractivity contribution in [3.63, 3.8) is 0 Å². The maximum absolute atomic E-state index is 13.4. The van der Waals surface area contributed by atoms with Crippen LogP contribution in [0.4, 0.5) is 10.1 Å². The van der Waals surface area contributed by atoms with Gasteiger partial charge < -0.3 is 20.3 Å². The summed E-state index contributed by atoms with van der Waals surface area (Å²) in [4.78, 5) is 27.4. The highest BCUT2D eigenvalue weighted by molar-refractivity contribution is 6.00. The number of amides is 2. The van der Waals surface area contributed by atoms with Gasteiger partial charge in [-0.05, 0) is 56.0 Å². The van der Waals surface area contributed by atoms with Crippen molar-refractivity contribution in [1.29, 1.82) is 0 Å². The summed E-state index contributed by atoms with van der Waals surface area (Å²) in [7, 11) is 0. The molecule has 2 aromatic carbocycles. The number of rotatable bonds is 6. The van der Waals surface area contributed by atoms with Crippen LogP contribution in [0.15, 0.2) is 48.5 Å². The molecule has 6 nitrogen and oxygen atoms in total. The van der Waals surface area contributed by atoms with E-state index < -0.39 is 5.82 Å². The number of nitrogens with zero attached hydrogens (tertiary/aromatic N) is 1. The topological polar surface area (TPSA) is 70.7 Å². The molecule has 31 heavy (non-hydrogen) atoms. The molecular weight excluding hydrogens is 397 g/mol. The highest BCUT2D eigenvalue weighted by Gasteiger charge is 2.25. The van der Waals surface area contributed by atoms with E-state index in [1.54, 1.807) is 6.07 Å². The number of carbonyl (C=O) groups is 2. The van der Waals surface area contributed by atoms with Gasteiger partial charge in [-0.25, -0.2) is 4.39 Å². The third-order valence-corrected chi connectivity index (χ3v) is 5.92. The molecule has 2 amide bonds. The van der Waals surface area contributed by atoms with E-state index in [0.717, 1.165) is 51.1 Å². The highest BCUT2D eigenvalue weighted by Crippen LogP contribution is 2.25. The van der Waals surface area contributed by atoms with Crippen LogP contribution in [-0.2, 0) is 4.74 Å². The van der Waals surface area contributed by atoms with Crippen molar-refractivity contribution in [2.75, 3.05) is 31.1 Å². The molecule has 7 heteroatoms. The van der Waals surface area contributed by atoms with Gasteiger partial charge in [0.2, 0.25) is 0 Å². The third kappa shape index (κ3) is 5.41. The predicted molar refractivity (Wildman–Crippen MR) is 117 cm³/mol. The Hall–Kier alpha value is -2.93. The molecule has 4 rings (SSSR count). The normalized spacial score (nSPS) is 19.3. The Kier molecular flexibility index (Phi) is 6.82. The van der Waals surface area contributed by atoms with Gasteiger partial charge in [-0.2, -0.15) is 0 Å². The zero-order valence-electron chi connectivity index (χ0n) is 17.5. The van der Waals surface area contributed by atoms with E-state index in [0.29, 0.717) is 17.7 Å². The quantitative estimate of drug-likeness (QED) is 0.746. The van der Waals surface area contributed by atoms with Crippen LogP contribution in [0.3, 0.4) is 0 Å². The first-order chi connectivity index (χ1) is 15.1. The van der Waals surface area contributed by atoms with Gasteiger partial charge in [-0.15, -0.1) is 0 Å². The van der Waals surface area contributed by atoms with E-state index in [-0.39, 0.29) is 24.0 Å². The number of piperidine rings is 1. The van der Waals surface area contributed by atoms with E-state index in [2.05, 4.69) is 15.5 Å². The smallest absolute Gasteiger partial charge is 0.253 e. The average Bonchev–Trinajstić information content (AvgIpc) is 3.32. The van der Waals surface area contributed by atoms with Gasteiger partial charge in [0.15, 0.2) is 0 Å². The van der Waals surface area contributed by atoms with Gasteiger partial charge in [0.05, 0.1) is 11.7 Å². The number of ether oxygens (including phenoxy) is 1. The molecule has 0 saturated carbocycles. The maximum Gasteiger partial charge on any atom is 0.253 e. The monoisotopic (exact) mass is 425 g/mol. The lowest BCUT2D eigenvalue weighted by Gasteiger charge is -2.35. The first kappa shape index (κ1) is 21.3. The molecule has 2 fully saturated rings. The molecule has 2 N–H and O–H groups in total. The van der Waals surface area contributed by atoms with Gasteiger partial charge in [0.1, 0.15) is 5.82 Å². The molecule has 2 saturated heterocycles. The molecule has 0 unspecified atom stereocenters. The minimum Gasteiger partial charge on any atom is -0.376 e. The van der Waals surface area contributed by atoms with Crippen LogP contribution >= 0.6 is 0 Å². The fourth-order valence-electron chi connectivity index (χ4n) is 4.21. The molecular formula is C24H28FN3O3. The standard InChI is InChI=1S/C24H28FN3O3/c25-18-6-3-5-17(15-18)23(29)27-19-10-12-28(13-11-19)22-9-2-1-8-21(22)24(30)26-16-20-7-4-14-31-20/h1-3,5-6,8-9,15,19-20H,4,7,10-14,16H2,(H,26,30)(H,27,29)/t20-/m1/s1. The third-order valence-electron chi connectivity index (χ3n) is 5.92. The highest BCUT2D eigenvalue weighted by atomic mass is 19.1. The molecule has 0 bridgehead atoms. The average molecular weight is 426 g/mol. The minimum atomic E-state index is -0.420. The molecule has 2 aromatic rings. The van der Waals surface area contributed by atoms with E-state index >= 15 is 0 Å². The predicted octanol–water partition coefficient (Wildman–Crippen LogP) is 3.13. The number of anilines is 1. The Morgan fingerprint density at radius 3 is 2.58 bits per heavy atom. The van der Waals surface area contributed by atoms with Crippen LogP contribution < -0.4 is 15.5 Å². The van der Waals surface area contributed by atoms with Gasteiger partial charge >= 0.3 is 0 Å². The van der Waals surface area contributed by atoms with Crippen molar-refractivity contribution < 1.29 is 18.7 Å². The number of hydrogen-bond donors (Lipinski definition) is 2. The Morgan fingerprint density at radius 2 is 1.84 bits per heavy atom. The molecule has 0 spiro atoms. The Balaban J connectivity index is 1.33. The number of benzene rings is 2. The summed E-state index contributed by atoms with van der Waals surface area (Å²) >= 11 is 0. The van der Waals surface area contributed by atoms with Gasteiger partial charge in [-0.1, -0.05) is 18.2 Å². The SMILES string of the molecule is O=C(NC1CCN(c2ccccc2C(=O)NC[C@H]2CCCO2)CC1)c1cccc(F)c1. The summed E-state index contributed by atoms with van der Waals surface area (Å²) in [6, 6.07) is 13.4. The largest absolute Gasteiger partial charge is 0.376 e. The van der Waals surface area contributed by atoms with Crippen molar-refractivity contribution >= 4 is 17.5 Å². The first-order valence-corrected chi connectivity index (χ1v) is 10.9. The molecule has 164 valence electrons. The van der Waals surface area contributed by atoms with Crippen molar-refractivity contribution in [1.82, 2.24) is 10.6 Å². The molecule has 0 aromatic heterocycles. The lowest BCUT2D eigenvalue weighted by Crippen LogP contribution is -2.45. The second-order valence-electron chi connectivity index (χ2n) is 8.11. The van der Waals surface area contributed by atoms with Crippen LogP contribution in [-0.4, -0.2) is 50.2 Å². The summed E-state index contributed by atoms with van der Waals surface area (Å²) in [5.41, 5.74) is 1.89. The molecule has 0 aliphatic carbocycles. The molecule has 1 atom stereocenters. The summed E-state index contributed by atoms with van der Waals surface area (Å²) in [6.45, 7) is 2.75. The van der Waals surface area contributed by atoms with E-state index in [9.17, 15) is 14.0 Å². The number of halogens is 1. The van der Waals surface area contributed by atoms with Crippen molar-refractivity contribution in [2.45, 2.75) is 37.8 Å². The van der Waals surface area contributed by atoms with Gasteiger partial charge in [-0.3, -0.25) is 9.59 Å². The second-order valence-corrected chi connectivity index (χ2v) is 8.11. The van der Waals surface area contributed by atoms with Crippen LogP contribution in [0.2, 0.25) is 0 Å². The minimum absolute atomic E-state index is 0.0209. The number of nitrogens with one attached hydrogen (secondary N) is 2. The Labute approximate surface area is 181 Å². The number of carbonyl (C=O) groups excluding carboxylic acids is 2. The first-order valence-electron chi connectivity index (χ1n) is 10.9. The van der Waals surface area contributed by atoms with Gasteiger partial charge in [0, 0.05) is 43.5 Å². The van der Waals surface area contributed by atoms with Crippen LogP contribution in [0.25, 0.3) is 0 Å². The second kappa shape index (κ2) is 9.92. The number of hydrogen-bond acceptors (Lipinski definition) is 4. The lowest BCUT2D eigenvalue weighted by molar-refractivity contribution is 0.0858. The van der Waals surface area contributed by atoms with Crippen LogP contribution in [0.1, 0.15) is 46.4 Å². The fraction of sp³-hybridized carbons (Fsp3) is 0.417. The summed E-state index contributed by atoms with van der Waals surface area (Å²) in [5, 5.41) is 6.00. The fourth-order valence-corrected chi connectivity index (χ4v) is 4.21. The molecule has 0 radical (unpaired) electrons. The van der Waals surface area contributed by atoms with E-state index in [1.165, 1.54) is 18.2 Å². The zero-order valence-corrected chi connectivity index (χ0v) is 17.5. The molecule has 2 heterocycles. The molecule has 2 aliphatic heterocycles. The van der Waals surface area contributed by atoms with E-state index in [4.69, 9.17) is 4.74 Å². The van der Waals surface area contributed by atoms with Crippen LogP contribution in [0, 0.1) is 5.82 Å². The molecule has 2 aliphatic rings. The zero-order chi connectivity index (χ0) is 21.6. The summed E-state index contributed by atoms with van der Waals surface area (Å²) in [6.07, 6.45) is 3.65. The maximum atomic E-state index is 13.4. The van der Waals surface area contributed by atoms with Crippen molar-refractivity contribution in [2.24, 2.45) is 0 Å². The van der Waals surface area contributed by atoms with Crippen molar-refractivity contribution in [3.05, 3.63) is 65.5 Å². The van der Waals surface area contributed by atoms with E-state index in [1.807, 2.05) is 24.3 Å². The van der Waals surface area contributed by atoms with Crippen LogP contribution in [0.5, 0.6) is 0 Å². The summed E-state index contributed by atoms with van der Waals surface area (Å²) < 4.78 is 19.0. The Morgan fingerprint density at radius 1 is 1.03 bits per heavy atom. The number of para-hydroxylation sites is 1.